The van der Waals surface area contributed by atoms with Crippen LogP contribution in [0.2, 0.25) is 5.02 Å². The molecule has 0 fully saturated rings. The molecule has 0 aromatic heterocycles. The van der Waals surface area contributed by atoms with Gasteiger partial charge in [0.1, 0.15) is 0 Å². The number of benzene rings is 1. The number of aromatic carboxylic acids is 1. The molecule has 0 atom stereocenters. The van der Waals surface area contributed by atoms with Gasteiger partial charge < -0.3 is 5.11 Å². The minimum Gasteiger partial charge on any atom is -0.478 e. The van der Waals surface area contributed by atoms with Crippen molar-refractivity contribution < 1.29 is 18.3 Å². The number of rotatable bonds is 5. The standard InChI is InChI=1S/C13H18ClNO4S/c1-5-13(2,3)15(4)20(18,19)9-6-7-11(14)10(8-9)12(16)17/h6-8H,5H2,1-4H3,(H,16,17). The maximum Gasteiger partial charge on any atom is 0.337 e. The van der Waals surface area contributed by atoms with E-state index in [1.165, 1.54) is 23.5 Å². The Hall–Kier alpha value is -1.11. The van der Waals surface area contributed by atoms with Gasteiger partial charge in [-0.2, -0.15) is 4.31 Å². The minimum absolute atomic E-state index is 0.00820. The molecule has 112 valence electrons. The van der Waals surface area contributed by atoms with Gasteiger partial charge in [0, 0.05) is 12.6 Å². The third-order valence-corrected chi connectivity index (χ3v) is 5.94. The molecular weight excluding hydrogens is 302 g/mol. The molecule has 1 aromatic rings. The lowest BCUT2D eigenvalue weighted by atomic mass is 10.0. The first-order chi connectivity index (χ1) is 9.04. The number of carbonyl (C=O) groups is 1. The van der Waals surface area contributed by atoms with E-state index in [1.807, 2.05) is 6.92 Å². The van der Waals surface area contributed by atoms with E-state index >= 15 is 0 Å². The molecule has 0 amide bonds. The highest BCUT2D eigenvalue weighted by Crippen LogP contribution is 2.27. The summed E-state index contributed by atoms with van der Waals surface area (Å²) in [5, 5.41) is 9.02. The highest BCUT2D eigenvalue weighted by atomic mass is 35.5. The summed E-state index contributed by atoms with van der Waals surface area (Å²) in [6.07, 6.45) is 0.627. The second-order valence-corrected chi connectivity index (χ2v) is 7.46. The summed E-state index contributed by atoms with van der Waals surface area (Å²) in [6.45, 7) is 5.49. The summed E-state index contributed by atoms with van der Waals surface area (Å²) in [6, 6.07) is 3.68. The molecule has 0 saturated carbocycles. The third kappa shape index (κ3) is 3.13. The predicted molar refractivity (Wildman–Crippen MR) is 77.7 cm³/mol. The van der Waals surface area contributed by atoms with Crippen LogP contribution >= 0.6 is 11.6 Å². The van der Waals surface area contributed by atoms with Gasteiger partial charge >= 0.3 is 5.97 Å². The summed E-state index contributed by atoms with van der Waals surface area (Å²) in [7, 11) is -2.29. The van der Waals surface area contributed by atoms with Crippen molar-refractivity contribution in [3.63, 3.8) is 0 Å². The Morgan fingerprint density at radius 1 is 1.40 bits per heavy atom. The average Bonchev–Trinajstić information content (AvgIpc) is 2.37. The Morgan fingerprint density at radius 2 is 1.95 bits per heavy atom. The molecule has 1 rings (SSSR count). The molecular formula is C13H18ClNO4S. The number of carboxylic acid groups (broad SMARTS) is 1. The molecule has 0 aliphatic rings. The lowest BCUT2D eigenvalue weighted by Gasteiger charge is -2.33. The number of hydrogen-bond acceptors (Lipinski definition) is 3. The molecule has 0 aliphatic carbocycles. The third-order valence-electron chi connectivity index (χ3n) is 3.54. The summed E-state index contributed by atoms with van der Waals surface area (Å²) in [5.41, 5.74) is -0.794. The van der Waals surface area contributed by atoms with Gasteiger partial charge in [-0.1, -0.05) is 18.5 Å². The van der Waals surface area contributed by atoms with E-state index in [4.69, 9.17) is 16.7 Å². The summed E-state index contributed by atoms with van der Waals surface area (Å²) in [4.78, 5) is 11.0. The number of nitrogens with zero attached hydrogens (tertiary/aromatic N) is 1. The van der Waals surface area contributed by atoms with E-state index < -0.39 is 21.5 Å². The van der Waals surface area contributed by atoms with E-state index in [9.17, 15) is 13.2 Å². The SMILES string of the molecule is CCC(C)(C)N(C)S(=O)(=O)c1ccc(Cl)c(C(=O)O)c1. The monoisotopic (exact) mass is 319 g/mol. The lowest BCUT2D eigenvalue weighted by Crippen LogP contribution is -2.44. The molecule has 0 heterocycles. The van der Waals surface area contributed by atoms with Gasteiger partial charge in [0.15, 0.2) is 0 Å². The smallest absolute Gasteiger partial charge is 0.337 e. The van der Waals surface area contributed by atoms with Crippen LogP contribution in [-0.2, 0) is 10.0 Å². The van der Waals surface area contributed by atoms with Crippen molar-refractivity contribution in [3.8, 4) is 0 Å². The molecule has 0 saturated heterocycles. The molecule has 1 N–H and O–H groups in total. The van der Waals surface area contributed by atoms with Gasteiger partial charge in [-0.15, -0.1) is 0 Å². The van der Waals surface area contributed by atoms with Crippen molar-refractivity contribution in [2.75, 3.05) is 7.05 Å². The normalized spacial score (nSPS) is 12.7. The van der Waals surface area contributed by atoms with E-state index in [-0.39, 0.29) is 15.5 Å². The Morgan fingerprint density at radius 3 is 2.40 bits per heavy atom. The quantitative estimate of drug-likeness (QED) is 0.905. The van der Waals surface area contributed by atoms with Crippen LogP contribution in [-0.4, -0.2) is 36.4 Å². The van der Waals surface area contributed by atoms with Crippen LogP contribution in [0.4, 0.5) is 0 Å². The van der Waals surface area contributed by atoms with Gasteiger partial charge in [0.25, 0.3) is 0 Å². The molecule has 0 aliphatic heterocycles. The molecule has 0 spiro atoms. The number of carboxylic acids is 1. The van der Waals surface area contributed by atoms with Crippen molar-refractivity contribution in [1.29, 1.82) is 0 Å². The zero-order valence-corrected chi connectivity index (χ0v) is 13.4. The fourth-order valence-electron chi connectivity index (χ4n) is 1.53. The molecule has 5 nitrogen and oxygen atoms in total. The maximum absolute atomic E-state index is 12.5. The fourth-order valence-corrected chi connectivity index (χ4v) is 3.34. The van der Waals surface area contributed by atoms with Crippen LogP contribution in [0.1, 0.15) is 37.6 Å². The van der Waals surface area contributed by atoms with Crippen LogP contribution < -0.4 is 0 Å². The second kappa shape index (κ2) is 5.71. The molecule has 7 heteroatoms. The van der Waals surface area contributed by atoms with Crippen molar-refractivity contribution in [2.24, 2.45) is 0 Å². The highest BCUT2D eigenvalue weighted by molar-refractivity contribution is 7.89. The van der Waals surface area contributed by atoms with Crippen LogP contribution in [0.15, 0.2) is 23.1 Å². The van der Waals surface area contributed by atoms with Crippen molar-refractivity contribution in [1.82, 2.24) is 4.31 Å². The highest BCUT2D eigenvalue weighted by Gasteiger charge is 2.33. The topological polar surface area (TPSA) is 74.7 Å². The van der Waals surface area contributed by atoms with Gasteiger partial charge in [0.2, 0.25) is 10.0 Å². The van der Waals surface area contributed by atoms with E-state index in [0.717, 1.165) is 6.07 Å². The predicted octanol–water partition coefficient (Wildman–Crippen LogP) is 2.85. The van der Waals surface area contributed by atoms with Crippen LogP contribution in [0.5, 0.6) is 0 Å². The van der Waals surface area contributed by atoms with Crippen molar-refractivity contribution in [2.45, 2.75) is 37.6 Å². The van der Waals surface area contributed by atoms with Gasteiger partial charge in [-0.25, -0.2) is 13.2 Å². The van der Waals surface area contributed by atoms with E-state index in [2.05, 4.69) is 0 Å². The van der Waals surface area contributed by atoms with Gasteiger partial charge in [0.05, 0.1) is 15.5 Å². The number of sulfonamides is 1. The lowest BCUT2D eigenvalue weighted by molar-refractivity contribution is 0.0697. The van der Waals surface area contributed by atoms with Crippen LogP contribution in [0, 0.1) is 0 Å². The summed E-state index contributed by atoms with van der Waals surface area (Å²) in [5.74, 6) is -1.26. The maximum atomic E-state index is 12.5. The zero-order chi connectivity index (χ0) is 15.7. The number of hydrogen-bond donors (Lipinski definition) is 1. The van der Waals surface area contributed by atoms with Crippen molar-refractivity contribution >= 4 is 27.6 Å². The molecule has 0 unspecified atom stereocenters. The molecule has 1 aromatic carbocycles. The first-order valence-corrected chi connectivity index (χ1v) is 7.87. The minimum atomic E-state index is -3.77. The zero-order valence-electron chi connectivity index (χ0n) is 11.8. The Bertz CT molecular complexity index is 625. The van der Waals surface area contributed by atoms with Crippen LogP contribution in [0.25, 0.3) is 0 Å². The molecule has 0 bridgehead atoms. The molecule has 20 heavy (non-hydrogen) atoms. The number of halogens is 1. The Labute approximate surface area is 124 Å². The van der Waals surface area contributed by atoms with E-state index in [1.54, 1.807) is 13.8 Å². The van der Waals surface area contributed by atoms with Crippen LogP contribution in [0.3, 0.4) is 0 Å². The fraction of sp³-hybridized carbons (Fsp3) is 0.462. The van der Waals surface area contributed by atoms with Crippen molar-refractivity contribution in [3.05, 3.63) is 28.8 Å². The average molecular weight is 320 g/mol. The molecule has 0 radical (unpaired) electrons. The van der Waals surface area contributed by atoms with Gasteiger partial charge in [-0.05, 0) is 38.5 Å². The Kier molecular flexibility index (Phi) is 4.84. The van der Waals surface area contributed by atoms with Gasteiger partial charge in [-0.3, -0.25) is 0 Å². The first-order valence-electron chi connectivity index (χ1n) is 6.06. The summed E-state index contributed by atoms with van der Waals surface area (Å²) < 4.78 is 26.3. The summed E-state index contributed by atoms with van der Waals surface area (Å²) >= 11 is 5.75. The Balaban J connectivity index is 3.37. The second-order valence-electron chi connectivity index (χ2n) is 5.09. The largest absolute Gasteiger partial charge is 0.478 e. The first kappa shape index (κ1) is 16.9. The van der Waals surface area contributed by atoms with E-state index in [0.29, 0.717) is 6.42 Å².